The number of nitrogens with zero attached hydrogens (tertiary/aromatic N) is 4. The van der Waals surface area contributed by atoms with E-state index < -0.39 is 0 Å². The average molecular weight is 406 g/mol. The lowest BCUT2D eigenvalue weighted by molar-refractivity contribution is -0.138. The third kappa shape index (κ3) is 3.53. The van der Waals surface area contributed by atoms with E-state index in [1.165, 1.54) is 0 Å². The Morgan fingerprint density at radius 3 is 2.93 bits per heavy atom. The van der Waals surface area contributed by atoms with Gasteiger partial charge in [0.25, 0.3) is 0 Å². The van der Waals surface area contributed by atoms with Crippen molar-refractivity contribution in [3.05, 3.63) is 60.2 Å². The van der Waals surface area contributed by atoms with Crippen molar-refractivity contribution >= 4 is 5.91 Å². The first-order valence-corrected chi connectivity index (χ1v) is 9.89. The average Bonchev–Trinajstić information content (AvgIpc) is 3.44. The molecule has 9 heteroatoms. The summed E-state index contributed by atoms with van der Waals surface area (Å²) >= 11 is 0. The molecule has 2 aromatic heterocycles. The maximum Gasteiger partial charge on any atom is 0.241 e. The molecule has 5 rings (SSSR count). The Hall–Kier alpha value is -3.30. The number of benzene rings is 1. The molecule has 0 aliphatic carbocycles. The van der Waals surface area contributed by atoms with Crippen LogP contribution in [-0.4, -0.2) is 52.2 Å². The summed E-state index contributed by atoms with van der Waals surface area (Å²) in [4.78, 5) is 23.2. The highest BCUT2D eigenvalue weighted by atomic mass is 16.5. The van der Waals surface area contributed by atoms with Crippen molar-refractivity contribution in [2.75, 3.05) is 20.2 Å². The summed E-state index contributed by atoms with van der Waals surface area (Å²) in [7, 11) is 1.65. The van der Waals surface area contributed by atoms with Crippen molar-refractivity contribution in [3.63, 3.8) is 0 Å². The van der Waals surface area contributed by atoms with Crippen LogP contribution in [0.4, 0.5) is 0 Å². The van der Waals surface area contributed by atoms with E-state index in [-0.39, 0.29) is 23.9 Å². The number of likely N-dealkylation sites (tertiary alicyclic amines) is 1. The first-order valence-electron chi connectivity index (χ1n) is 9.89. The minimum atomic E-state index is -0.268. The predicted molar refractivity (Wildman–Crippen MR) is 107 cm³/mol. The zero-order chi connectivity index (χ0) is 20.5. The molecule has 2 aliphatic rings. The van der Waals surface area contributed by atoms with Crippen LogP contribution >= 0.6 is 0 Å². The summed E-state index contributed by atoms with van der Waals surface area (Å²) in [5, 5.41) is 4.03. The van der Waals surface area contributed by atoms with Gasteiger partial charge in [-0.3, -0.25) is 9.78 Å². The minimum absolute atomic E-state index is 0.0594. The van der Waals surface area contributed by atoms with Gasteiger partial charge in [0, 0.05) is 37.1 Å². The maximum atomic E-state index is 12.9. The van der Waals surface area contributed by atoms with Crippen molar-refractivity contribution < 1.29 is 14.1 Å². The Kier molecular flexibility index (Phi) is 4.89. The predicted octanol–water partition coefficient (Wildman–Crippen LogP) is 1.67. The fourth-order valence-electron chi connectivity index (χ4n) is 3.84. The van der Waals surface area contributed by atoms with Gasteiger partial charge >= 0.3 is 0 Å². The highest BCUT2D eigenvalue weighted by molar-refractivity contribution is 5.83. The van der Waals surface area contributed by atoms with E-state index in [0.717, 1.165) is 16.9 Å². The van der Waals surface area contributed by atoms with Gasteiger partial charge in [0.15, 0.2) is 0 Å². The summed E-state index contributed by atoms with van der Waals surface area (Å²) in [5.74, 6) is 2.03. The van der Waals surface area contributed by atoms with Crippen LogP contribution in [0, 0.1) is 0 Å². The van der Waals surface area contributed by atoms with Gasteiger partial charge in [-0.15, -0.1) is 0 Å². The number of pyridine rings is 1. The number of amides is 1. The van der Waals surface area contributed by atoms with Gasteiger partial charge in [-0.2, -0.15) is 4.98 Å². The molecule has 2 unspecified atom stereocenters. The van der Waals surface area contributed by atoms with Crippen molar-refractivity contribution in [2.24, 2.45) is 0 Å². The highest BCUT2D eigenvalue weighted by Gasteiger charge is 2.40. The Balaban J connectivity index is 1.17. The molecule has 0 radical (unpaired) electrons. The number of ether oxygens (including phenoxy) is 1. The molecule has 4 heterocycles. The van der Waals surface area contributed by atoms with E-state index >= 15 is 0 Å². The zero-order valence-corrected chi connectivity index (χ0v) is 16.5. The van der Waals surface area contributed by atoms with Crippen LogP contribution in [0.3, 0.4) is 0 Å². The van der Waals surface area contributed by atoms with Crippen LogP contribution in [-0.2, 0) is 4.79 Å². The lowest BCUT2D eigenvalue weighted by Crippen LogP contribution is -2.54. The molecule has 0 spiro atoms. The quantitative estimate of drug-likeness (QED) is 0.659. The summed E-state index contributed by atoms with van der Waals surface area (Å²) in [5.41, 5.74) is 8.25. The SMILES string of the molecule is COc1cccc(C2CC(C(=O)N3CC(c4nc(-c5cccnc5)no4)C3)NN2)c1. The molecule has 2 fully saturated rings. The number of hydrazine groups is 1. The van der Waals surface area contributed by atoms with Crippen LogP contribution in [0.1, 0.15) is 29.8 Å². The van der Waals surface area contributed by atoms with Crippen LogP contribution in [0.15, 0.2) is 53.3 Å². The third-order valence-electron chi connectivity index (χ3n) is 5.60. The molecule has 3 aromatic rings. The van der Waals surface area contributed by atoms with Crippen LogP contribution in [0.5, 0.6) is 5.75 Å². The van der Waals surface area contributed by atoms with Gasteiger partial charge in [-0.1, -0.05) is 17.3 Å². The van der Waals surface area contributed by atoms with E-state index in [4.69, 9.17) is 9.26 Å². The molecule has 2 N–H and O–H groups in total. The third-order valence-corrected chi connectivity index (χ3v) is 5.60. The topological polar surface area (TPSA) is 105 Å². The largest absolute Gasteiger partial charge is 0.497 e. The highest BCUT2D eigenvalue weighted by Crippen LogP contribution is 2.30. The number of hydrogen-bond donors (Lipinski definition) is 2. The standard InChI is InChI=1S/C21H22N6O3/c1-29-16-6-2-4-13(8-16)17-9-18(25-24-17)21(28)27-11-15(12-27)20-23-19(26-30-20)14-5-3-7-22-10-14/h2-8,10,15,17-18,24-25H,9,11-12H2,1H3. The van der Waals surface area contributed by atoms with E-state index in [1.54, 1.807) is 19.5 Å². The first-order chi connectivity index (χ1) is 14.7. The monoisotopic (exact) mass is 406 g/mol. The molecule has 1 aromatic carbocycles. The van der Waals surface area contributed by atoms with E-state index in [2.05, 4.69) is 26.0 Å². The normalized spacial score (nSPS) is 21.4. The molecule has 2 aliphatic heterocycles. The van der Waals surface area contributed by atoms with Gasteiger partial charge in [0.05, 0.1) is 13.0 Å². The van der Waals surface area contributed by atoms with Gasteiger partial charge in [-0.05, 0) is 36.2 Å². The van der Waals surface area contributed by atoms with E-state index in [0.29, 0.717) is 31.2 Å². The Labute approximate surface area is 173 Å². The first kappa shape index (κ1) is 18.7. The molecular formula is C21H22N6O3. The summed E-state index contributed by atoms with van der Waals surface area (Å²) in [6.07, 6.45) is 4.08. The molecule has 2 saturated heterocycles. The zero-order valence-electron chi connectivity index (χ0n) is 16.5. The summed E-state index contributed by atoms with van der Waals surface area (Å²) in [6, 6.07) is 11.4. The Morgan fingerprint density at radius 2 is 2.13 bits per heavy atom. The number of aromatic nitrogens is 3. The van der Waals surface area contributed by atoms with E-state index in [1.807, 2.05) is 41.3 Å². The number of nitrogens with one attached hydrogen (secondary N) is 2. The maximum absolute atomic E-state index is 12.9. The Bertz CT molecular complexity index is 1030. The van der Waals surface area contributed by atoms with Gasteiger partial charge in [0.2, 0.25) is 17.6 Å². The number of carbonyl (C=O) groups is 1. The molecule has 0 bridgehead atoms. The number of carbonyl (C=O) groups excluding carboxylic acids is 1. The van der Waals surface area contributed by atoms with Crippen LogP contribution in [0.2, 0.25) is 0 Å². The second-order valence-corrected chi connectivity index (χ2v) is 7.54. The van der Waals surface area contributed by atoms with Crippen molar-refractivity contribution in [2.45, 2.75) is 24.4 Å². The lowest BCUT2D eigenvalue weighted by Gasteiger charge is -2.38. The number of hydrogen-bond acceptors (Lipinski definition) is 8. The van der Waals surface area contributed by atoms with Crippen molar-refractivity contribution in [1.29, 1.82) is 0 Å². The van der Waals surface area contributed by atoms with Crippen LogP contribution in [0.25, 0.3) is 11.4 Å². The van der Waals surface area contributed by atoms with Gasteiger partial charge < -0.3 is 14.2 Å². The van der Waals surface area contributed by atoms with Crippen molar-refractivity contribution in [1.82, 2.24) is 30.9 Å². The fraction of sp³-hybridized carbons (Fsp3) is 0.333. The van der Waals surface area contributed by atoms with Crippen molar-refractivity contribution in [3.8, 4) is 17.1 Å². The minimum Gasteiger partial charge on any atom is -0.497 e. The molecule has 30 heavy (non-hydrogen) atoms. The second kappa shape index (κ2) is 7.85. The smallest absolute Gasteiger partial charge is 0.241 e. The molecule has 1 amide bonds. The fourth-order valence-corrected chi connectivity index (χ4v) is 3.84. The molecular weight excluding hydrogens is 384 g/mol. The van der Waals surface area contributed by atoms with Crippen LogP contribution < -0.4 is 15.6 Å². The second-order valence-electron chi connectivity index (χ2n) is 7.54. The summed E-state index contributed by atoms with van der Waals surface area (Å²) in [6.45, 7) is 1.16. The molecule has 9 nitrogen and oxygen atoms in total. The Morgan fingerprint density at radius 1 is 1.23 bits per heavy atom. The molecule has 0 saturated carbocycles. The molecule has 2 atom stereocenters. The molecule has 154 valence electrons. The summed E-state index contributed by atoms with van der Waals surface area (Å²) < 4.78 is 10.7. The van der Waals surface area contributed by atoms with Gasteiger partial charge in [-0.25, -0.2) is 10.9 Å². The lowest BCUT2D eigenvalue weighted by atomic mass is 9.96. The van der Waals surface area contributed by atoms with Gasteiger partial charge in [0.1, 0.15) is 11.8 Å². The number of methoxy groups -OCH3 is 1. The van der Waals surface area contributed by atoms with E-state index in [9.17, 15) is 4.79 Å². The number of rotatable bonds is 5.